The SMILES string of the molecule is CCC(C#CC(C)(C)O)[Se]c1ccccc1. The average Bonchev–Trinajstić information content (AvgIpc) is 2.24. The molecule has 2 heteroatoms. The molecular weight excluding hydrogens is 263 g/mol. The van der Waals surface area contributed by atoms with E-state index in [-0.39, 0.29) is 0 Å². The topological polar surface area (TPSA) is 20.2 Å². The fourth-order valence-electron chi connectivity index (χ4n) is 1.14. The van der Waals surface area contributed by atoms with E-state index in [0.29, 0.717) is 19.8 Å². The van der Waals surface area contributed by atoms with E-state index in [1.807, 2.05) is 6.07 Å². The Morgan fingerprint density at radius 3 is 2.44 bits per heavy atom. The van der Waals surface area contributed by atoms with Gasteiger partial charge in [0.1, 0.15) is 0 Å². The number of benzene rings is 1. The second-order valence-corrected chi connectivity index (χ2v) is 6.83. The Balaban J connectivity index is 2.66. The number of aliphatic hydroxyl groups is 1. The molecule has 1 unspecified atom stereocenters. The molecule has 0 aliphatic rings. The van der Waals surface area contributed by atoms with Gasteiger partial charge >= 0.3 is 104 Å². The predicted octanol–water partition coefficient (Wildman–Crippen LogP) is 1.99. The maximum atomic E-state index is 9.56. The van der Waals surface area contributed by atoms with Crippen LogP contribution in [-0.4, -0.2) is 25.7 Å². The summed E-state index contributed by atoms with van der Waals surface area (Å²) in [5, 5.41) is 9.56. The van der Waals surface area contributed by atoms with Crippen molar-refractivity contribution < 1.29 is 5.11 Å². The molecule has 0 saturated carbocycles. The molecule has 0 spiro atoms. The van der Waals surface area contributed by atoms with Gasteiger partial charge in [0.15, 0.2) is 0 Å². The number of hydrogen-bond acceptors (Lipinski definition) is 1. The van der Waals surface area contributed by atoms with E-state index in [2.05, 4.69) is 43.0 Å². The van der Waals surface area contributed by atoms with Crippen molar-refractivity contribution in [1.29, 1.82) is 0 Å². The van der Waals surface area contributed by atoms with Crippen molar-refractivity contribution in [3.63, 3.8) is 0 Å². The van der Waals surface area contributed by atoms with Gasteiger partial charge in [-0.25, -0.2) is 0 Å². The molecule has 0 radical (unpaired) electrons. The summed E-state index contributed by atoms with van der Waals surface area (Å²) in [6, 6.07) is 10.5. The normalized spacial score (nSPS) is 12.8. The molecule has 0 aromatic heterocycles. The summed E-state index contributed by atoms with van der Waals surface area (Å²) < 4.78 is 1.37. The van der Waals surface area contributed by atoms with Crippen LogP contribution >= 0.6 is 0 Å². The van der Waals surface area contributed by atoms with Crippen molar-refractivity contribution in [3.8, 4) is 11.8 Å². The minimum atomic E-state index is -0.875. The third-order valence-corrected chi connectivity index (χ3v) is 4.62. The van der Waals surface area contributed by atoms with Crippen molar-refractivity contribution in [3.05, 3.63) is 30.3 Å². The van der Waals surface area contributed by atoms with E-state index < -0.39 is 5.60 Å². The van der Waals surface area contributed by atoms with Crippen LogP contribution in [0.3, 0.4) is 0 Å². The molecule has 1 atom stereocenters. The van der Waals surface area contributed by atoms with Gasteiger partial charge in [-0.05, 0) is 0 Å². The Hall–Kier alpha value is -0.741. The molecule has 0 saturated heterocycles. The summed E-state index contributed by atoms with van der Waals surface area (Å²) in [5.74, 6) is 6.10. The van der Waals surface area contributed by atoms with Crippen LogP contribution < -0.4 is 4.46 Å². The molecule has 1 rings (SSSR count). The molecule has 1 aromatic rings. The molecule has 0 amide bonds. The van der Waals surface area contributed by atoms with Crippen LogP contribution in [0.25, 0.3) is 0 Å². The van der Waals surface area contributed by atoms with Gasteiger partial charge in [-0.15, -0.1) is 0 Å². The quantitative estimate of drug-likeness (QED) is 0.663. The average molecular weight is 281 g/mol. The second kappa shape index (κ2) is 6.11. The van der Waals surface area contributed by atoms with Crippen LogP contribution in [0, 0.1) is 11.8 Å². The van der Waals surface area contributed by atoms with Gasteiger partial charge in [-0.1, -0.05) is 0 Å². The van der Waals surface area contributed by atoms with Crippen molar-refractivity contribution in [2.24, 2.45) is 0 Å². The van der Waals surface area contributed by atoms with E-state index in [4.69, 9.17) is 0 Å². The Morgan fingerprint density at radius 1 is 1.31 bits per heavy atom. The first-order valence-electron chi connectivity index (χ1n) is 5.48. The molecule has 1 aromatic carbocycles. The van der Waals surface area contributed by atoms with Gasteiger partial charge in [-0.3, -0.25) is 0 Å². The minimum absolute atomic E-state index is 0.369. The Bertz CT molecular complexity index is 367. The van der Waals surface area contributed by atoms with Gasteiger partial charge in [0.05, 0.1) is 0 Å². The maximum absolute atomic E-state index is 9.56. The molecule has 16 heavy (non-hydrogen) atoms. The zero-order chi connectivity index (χ0) is 12.0. The van der Waals surface area contributed by atoms with Crippen LogP contribution in [0.4, 0.5) is 0 Å². The molecule has 0 bridgehead atoms. The van der Waals surface area contributed by atoms with Crippen LogP contribution in [-0.2, 0) is 0 Å². The molecule has 86 valence electrons. The first kappa shape index (κ1) is 13.3. The van der Waals surface area contributed by atoms with E-state index in [1.54, 1.807) is 13.8 Å². The summed E-state index contributed by atoms with van der Waals surface area (Å²) in [5.41, 5.74) is -0.875. The standard InChI is InChI=1S/C14H18OSe/c1-4-12(10-11-14(2,3)15)16-13-8-6-5-7-9-13/h5-9,12,15H,4H2,1-3H3. The van der Waals surface area contributed by atoms with Crippen molar-refractivity contribution in [2.75, 3.05) is 0 Å². The van der Waals surface area contributed by atoms with E-state index in [9.17, 15) is 5.11 Å². The Labute approximate surface area is 104 Å². The van der Waals surface area contributed by atoms with E-state index >= 15 is 0 Å². The molecule has 1 N–H and O–H groups in total. The summed E-state index contributed by atoms with van der Waals surface area (Å²) >= 11 is 0.369. The van der Waals surface area contributed by atoms with E-state index in [1.165, 1.54) is 4.46 Å². The summed E-state index contributed by atoms with van der Waals surface area (Å²) in [6.45, 7) is 5.60. The fraction of sp³-hybridized carbons (Fsp3) is 0.429. The van der Waals surface area contributed by atoms with Gasteiger partial charge in [0, 0.05) is 0 Å². The molecule has 0 heterocycles. The third-order valence-electron chi connectivity index (χ3n) is 1.93. The van der Waals surface area contributed by atoms with Gasteiger partial charge in [0.25, 0.3) is 0 Å². The van der Waals surface area contributed by atoms with Gasteiger partial charge in [0.2, 0.25) is 0 Å². The predicted molar refractivity (Wildman–Crippen MR) is 69.9 cm³/mol. The number of rotatable bonds is 3. The zero-order valence-corrected chi connectivity index (χ0v) is 11.7. The first-order chi connectivity index (χ1) is 7.51. The molecule has 0 fully saturated rings. The molecule has 0 aliphatic heterocycles. The molecule has 0 aliphatic carbocycles. The third kappa shape index (κ3) is 5.37. The van der Waals surface area contributed by atoms with Gasteiger partial charge in [-0.2, -0.15) is 0 Å². The van der Waals surface area contributed by atoms with Crippen LogP contribution in [0.1, 0.15) is 27.2 Å². The van der Waals surface area contributed by atoms with Crippen LogP contribution in [0.2, 0.25) is 4.82 Å². The molecular formula is C14H18OSe. The molecule has 1 nitrogen and oxygen atoms in total. The first-order valence-corrected chi connectivity index (χ1v) is 7.32. The van der Waals surface area contributed by atoms with Crippen molar-refractivity contribution in [1.82, 2.24) is 0 Å². The van der Waals surface area contributed by atoms with Crippen molar-refractivity contribution in [2.45, 2.75) is 37.6 Å². The van der Waals surface area contributed by atoms with Crippen LogP contribution in [0.15, 0.2) is 30.3 Å². The van der Waals surface area contributed by atoms with E-state index in [0.717, 1.165) is 6.42 Å². The zero-order valence-electron chi connectivity index (χ0n) is 10.0. The number of hydrogen-bond donors (Lipinski definition) is 1. The second-order valence-electron chi connectivity index (χ2n) is 4.16. The van der Waals surface area contributed by atoms with Crippen molar-refractivity contribution >= 4 is 19.4 Å². The summed E-state index contributed by atoms with van der Waals surface area (Å²) in [4.78, 5) is 0.390. The fourth-order valence-corrected chi connectivity index (χ4v) is 3.08. The summed E-state index contributed by atoms with van der Waals surface area (Å²) in [6.07, 6.45) is 1.04. The Kier molecular flexibility index (Phi) is 5.09. The summed E-state index contributed by atoms with van der Waals surface area (Å²) in [7, 11) is 0. The van der Waals surface area contributed by atoms with Gasteiger partial charge < -0.3 is 0 Å². The Morgan fingerprint density at radius 2 is 1.94 bits per heavy atom. The monoisotopic (exact) mass is 282 g/mol. The van der Waals surface area contributed by atoms with Crippen LogP contribution in [0.5, 0.6) is 0 Å².